The zero-order valence-corrected chi connectivity index (χ0v) is 13.2. The average molecular weight is 312 g/mol. The van der Waals surface area contributed by atoms with E-state index < -0.39 is 0 Å². The summed E-state index contributed by atoms with van der Waals surface area (Å²) in [5.74, 6) is 0.449. The molecule has 2 aliphatic heterocycles. The summed E-state index contributed by atoms with van der Waals surface area (Å²) in [6.45, 7) is 2.78. The van der Waals surface area contributed by atoms with Crippen molar-refractivity contribution < 1.29 is 14.3 Å². The summed E-state index contributed by atoms with van der Waals surface area (Å²) in [5.41, 5.74) is 1.43. The number of fused-ring (bicyclic) bond motifs is 1. The number of ether oxygens (including phenoxy) is 2. The lowest BCUT2D eigenvalue weighted by molar-refractivity contribution is -0.125. The molecular weight excluding hydrogens is 292 g/mol. The summed E-state index contributed by atoms with van der Waals surface area (Å²) in [5, 5.41) is 0.989. The topological polar surface area (TPSA) is 51.7 Å². The Morgan fingerprint density at radius 1 is 1.43 bits per heavy atom. The molecule has 1 aromatic heterocycles. The van der Waals surface area contributed by atoms with Gasteiger partial charge in [0, 0.05) is 36.8 Å². The monoisotopic (exact) mass is 312 g/mol. The second kappa shape index (κ2) is 5.58. The van der Waals surface area contributed by atoms with E-state index in [-0.39, 0.29) is 11.5 Å². The number of methoxy groups -OCH3 is 1. The highest BCUT2D eigenvalue weighted by molar-refractivity contribution is 5.98. The van der Waals surface area contributed by atoms with Crippen LogP contribution in [0.1, 0.15) is 16.8 Å². The smallest absolute Gasteiger partial charge is 0.254 e. The molecule has 23 heavy (non-hydrogen) atoms. The first-order valence-electron chi connectivity index (χ1n) is 7.99. The highest BCUT2D eigenvalue weighted by atomic mass is 16.5. The molecule has 0 bridgehead atoms. The van der Waals surface area contributed by atoms with Gasteiger partial charge in [0.05, 0.1) is 25.2 Å². The van der Waals surface area contributed by atoms with Crippen LogP contribution in [-0.2, 0) is 9.47 Å². The molecule has 0 aliphatic carbocycles. The third-order valence-corrected chi connectivity index (χ3v) is 5.02. The number of nitrogens with zero attached hydrogens (tertiary/aromatic N) is 2. The molecule has 1 atom stereocenters. The number of rotatable bonds is 3. The number of amides is 1. The molecule has 5 nitrogen and oxygen atoms in total. The predicted molar refractivity (Wildman–Crippen MR) is 86.3 cm³/mol. The zero-order chi connectivity index (χ0) is 15.9. The summed E-state index contributed by atoms with van der Waals surface area (Å²) in [4.78, 5) is 18.9. The molecule has 1 amide bonds. The van der Waals surface area contributed by atoms with E-state index >= 15 is 0 Å². The Balaban J connectivity index is 1.50. The van der Waals surface area contributed by atoms with E-state index in [1.807, 2.05) is 35.2 Å². The summed E-state index contributed by atoms with van der Waals surface area (Å²) in [6.07, 6.45) is 2.77. The van der Waals surface area contributed by atoms with Gasteiger partial charge in [-0.25, -0.2) is 0 Å². The van der Waals surface area contributed by atoms with Gasteiger partial charge in [0.15, 0.2) is 0 Å². The van der Waals surface area contributed by atoms with Crippen LogP contribution in [0.3, 0.4) is 0 Å². The van der Waals surface area contributed by atoms with E-state index in [9.17, 15) is 4.79 Å². The maximum absolute atomic E-state index is 12.7. The lowest BCUT2D eigenvalue weighted by Crippen LogP contribution is -2.66. The van der Waals surface area contributed by atoms with Gasteiger partial charge in [-0.15, -0.1) is 0 Å². The van der Waals surface area contributed by atoms with Crippen LogP contribution in [0.2, 0.25) is 0 Å². The molecule has 0 N–H and O–H groups in total. The quantitative estimate of drug-likeness (QED) is 0.871. The Labute approximate surface area is 135 Å². The average Bonchev–Trinajstić information content (AvgIpc) is 2.96. The minimum atomic E-state index is -0.190. The number of benzene rings is 1. The molecule has 1 aromatic carbocycles. The molecule has 1 spiro atoms. The summed E-state index contributed by atoms with van der Waals surface area (Å²) in [6, 6.07) is 9.53. The first kappa shape index (κ1) is 14.6. The summed E-state index contributed by atoms with van der Waals surface area (Å²) < 4.78 is 11.2. The molecule has 2 aliphatic rings. The van der Waals surface area contributed by atoms with Crippen molar-refractivity contribution in [1.29, 1.82) is 0 Å². The van der Waals surface area contributed by atoms with Gasteiger partial charge >= 0.3 is 0 Å². The second-order valence-corrected chi connectivity index (χ2v) is 6.43. The van der Waals surface area contributed by atoms with Crippen LogP contribution in [-0.4, -0.2) is 54.8 Å². The molecule has 2 saturated heterocycles. The number of likely N-dealkylation sites (tertiary alicyclic amines) is 1. The van der Waals surface area contributed by atoms with Crippen LogP contribution < -0.4 is 0 Å². The van der Waals surface area contributed by atoms with Crippen LogP contribution in [0.15, 0.2) is 36.5 Å². The predicted octanol–water partition coefficient (Wildman–Crippen LogP) is 2.11. The zero-order valence-electron chi connectivity index (χ0n) is 13.2. The van der Waals surface area contributed by atoms with Gasteiger partial charge in [-0.3, -0.25) is 9.78 Å². The van der Waals surface area contributed by atoms with E-state index in [4.69, 9.17) is 9.47 Å². The van der Waals surface area contributed by atoms with Crippen molar-refractivity contribution in [3.05, 3.63) is 42.1 Å². The van der Waals surface area contributed by atoms with Crippen molar-refractivity contribution in [3.63, 3.8) is 0 Å². The first-order valence-corrected chi connectivity index (χ1v) is 7.99. The van der Waals surface area contributed by atoms with Crippen molar-refractivity contribution in [3.8, 4) is 0 Å². The van der Waals surface area contributed by atoms with Crippen LogP contribution in [0.25, 0.3) is 10.9 Å². The Kier molecular flexibility index (Phi) is 3.54. The van der Waals surface area contributed by atoms with E-state index in [2.05, 4.69) is 4.98 Å². The fourth-order valence-corrected chi connectivity index (χ4v) is 3.71. The van der Waals surface area contributed by atoms with Gasteiger partial charge in [0.25, 0.3) is 5.91 Å². The van der Waals surface area contributed by atoms with Crippen LogP contribution in [0.5, 0.6) is 0 Å². The molecule has 0 saturated carbocycles. The van der Waals surface area contributed by atoms with Gasteiger partial charge in [-0.1, -0.05) is 6.07 Å². The van der Waals surface area contributed by atoms with Gasteiger partial charge in [-0.05, 0) is 30.7 Å². The Bertz CT molecular complexity index is 740. The number of aromatic nitrogens is 1. The van der Waals surface area contributed by atoms with Gasteiger partial charge in [0.2, 0.25) is 0 Å². The molecule has 2 aromatic rings. The number of carbonyl (C=O) groups is 1. The number of hydrogen-bond acceptors (Lipinski definition) is 4. The highest BCUT2D eigenvalue weighted by Crippen LogP contribution is 2.40. The maximum Gasteiger partial charge on any atom is 0.254 e. The summed E-state index contributed by atoms with van der Waals surface area (Å²) >= 11 is 0. The largest absolute Gasteiger partial charge is 0.384 e. The Hall–Kier alpha value is -1.98. The summed E-state index contributed by atoms with van der Waals surface area (Å²) in [7, 11) is 1.72. The van der Waals surface area contributed by atoms with Crippen molar-refractivity contribution in [2.45, 2.75) is 12.0 Å². The minimum absolute atomic E-state index is 0.0630. The lowest BCUT2D eigenvalue weighted by Gasteiger charge is -2.50. The Morgan fingerprint density at radius 2 is 2.30 bits per heavy atom. The Morgan fingerprint density at radius 3 is 3.13 bits per heavy atom. The van der Waals surface area contributed by atoms with Crippen molar-refractivity contribution in [1.82, 2.24) is 9.88 Å². The van der Waals surface area contributed by atoms with E-state index in [0.717, 1.165) is 23.9 Å². The maximum atomic E-state index is 12.7. The molecule has 1 unspecified atom stereocenters. The molecule has 5 heteroatoms. The first-order chi connectivity index (χ1) is 11.2. The van der Waals surface area contributed by atoms with Crippen molar-refractivity contribution >= 4 is 16.8 Å². The molecule has 0 radical (unpaired) electrons. The van der Waals surface area contributed by atoms with Crippen LogP contribution in [0.4, 0.5) is 0 Å². The highest BCUT2D eigenvalue weighted by Gasteiger charge is 2.54. The van der Waals surface area contributed by atoms with Crippen LogP contribution in [0, 0.1) is 5.92 Å². The molecule has 4 rings (SSSR count). The molecular formula is C18H20N2O3. The fourth-order valence-electron chi connectivity index (χ4n) is 3.71. The normalized spacial score (nSPS) is 22.5. The lowest BCUT2D eigenvalue weighted by atomic mass is 9.81. The van der Waals surface area contributed by atoms with E-state index in [1.165, 1.54) is 0 Å². The third-order valence-electron chi connectivity index (χ3n) is 5.02. The minimum Gasteiger partial charge on any atom is -0.384 e. The van der Waals surface area contributed by atoms with Gasteiger partial charge in [0.1, 0.15) is 5.60 Å². The second-order valence-electron chi connectivity index (χ2n) is 6.43. The standard InChI is InChI=1S/C18H20N2O3/c1-22-10-15-6-8-23-18(15)11-20(12-18)17(21)14-4-5-16-13(9-14)3-2-7-19-16/h2-5,7,9,15H,6,8,10-12H2,1H3. The molecule has 2 fully saturated rings. The number of pyridine rings is 1. The SMILES string of the molecule is COCC1CCOC12CN(C(=O)c1ccc3ncccc3c1)C2. The van der Waals surface area contributed by atoms with Gasteiger partial charge in [-0.2, -0.15) is 0 Å². The van der Waals surface area contributed by atoms with Crippen LogP contribution >= 0.6 is 0 Å². The van der Waals surface area contributed by atoms with Crippen molar-refractivity contribution in [2.75, 3.05) is 33.4 Å². The van der Waals surface area contributed by atoms with E-state index in [1.54, 1.807) is 13.3 Å². The van der Waals surface area contributed by atoms with E-state index in [0.29, 0.717) is 31.2 Å². The molecule has 3 heterocycles. The van der Waals surface area contributed by atoms with Gasteiger partial charge < -0.3 is 14.4 Å². The third kappa shape index (κ3) is 2.40. The number of hydrogen-bond donors (Lipinski definition) is 0. The number of carbonyl (C=O) groups excluding carboxylic acids is 1. The van der Waals surface area contributed by atoms with Crippen molar-refractivity contribution in [2.24, 2.45) is 5.92 Å². The molecule has 120 valence electrons. The fraction of sp³-hybridized carbons (Fsp3) is 0.444.